The highest BCUT2D eigenvalue weighted by atomic mass is 79.9. The Morgan fingerprint density at radius 2 is 2.05 bits per heavy atom. The lowest BCUT2D eigenvalue weighted by Gasteiger charge is -2.07. The number of nitrogens with zero attached hydrogens (tertiary/aromatic N) is 1. The Morgan fingerprint density at radius 1 is 1.21 bits per heavy atom. The van der Waals surface area contributed by atoms with Crippen molar-refractivity contribution in [2.45, 2.75) is 0 Å². The minimum absolute atomic E-state index is 0.245. The first kappa shape index (κ1) is 11.9. The van der Waals surface area contributed by atoms with Gasteiger partial charge in [-0.25, -0.2) is 4.79 Å². The Hall–Kier alpha value is -2.14. The van der Waals surface area contributed by atoms with Crippen LogP contribution in [0.25, 0.3) is 22.0 Å². The van der Waals surface area contributed by atoms with Gasteiger partial charge < -0.3 is 10.1 Å². The number of benzene rings is 1. The Bertz CT molecular complexity index is 780. The summed E-state index contributed by atoms with van der Waals surface area (Å²) in [6.45, 7) is 0. The second-order valence-corrected chi connectivity index (χ2v) is 4.94. The Morgan fingerprint density at radius 3 is 2.84 bits per heavy atom. The van der Waals surface area contributed by atoms with Crippen LogP contribution in [0.3, 0.4) is 0 Å². The van der Waals surface area contributed by atoms with Gasteiger partial charge in [-0.3, -0.25) is 4.98 Å². The van der Waals surface area contributed by atoms with Gasteiger partial charge in [0.05, 0.1) is 11.1 Å². The van der Waals surface area contributed by atoms with E-state index in [2.05, 4.69) is 25.9 Å². The zero-order chi connectivity index (χ0) is 13.4. The summed E-state index contributed by atoms with van der Waals surface area (Å²) in [6, 6.07) is 7.57. The van der Waals surface area contributed by atoms with Gasteiger partial charge in [0.25, 0.3) is 0 Å². The summed E-state index contributed by atoms with van der Waals surface area (Å²) >= 11 is 3.48. The van der Waals surface area contributed by atoms with Gasteiger partial charge in [-0.15, -0.1) is 0 Å². The van der Waals surface area contributed by atoms with Crippen molar-refractivity contribution in [2.75, 3.05) is 0 Å². The molecule has 0 radical (unpaired) electrons. The van der Waals surface area contributed by atoms with Crippen LogP contribution in [-0.2, 0) is 0 Å². The summed E-state index contributed by atoms with van der Waals surface area (Å²) in [5.74, 6) is -0.955. The number of aromatic carboxylic acids is 1. The molecule has 2 heterocycles. The van der Waals surface area contributed by atoms with Crippen LogP contribution in [0.4, 0.5) is 0 Å². The molecule has 0 aliphatic rings. The molecule has 0 atom stereocenters. The quantitative estimate of drug-likeness (QED) is 0.757. The lowest BCUT2D eigenvalue weighted by molar-refractivity contribution is 0.0698. The molecule has 4 nitrogen and oxygen atoms in total. The van der Waals surface area contributed by atoms with Crippen LogP contribution < -0.4 is 0 Å². The molecule has 94 valence electrons. The lowest BCUT2D eigenvalue weighted by atomic mass is 10.0. The van der Waals surface area contributed by atoms with Crippen LogP contribution in [0.2, 0.25) is 0 Å². The highest BCUT2D eigenvalue weighted by Gasteiger charge is 2.15. The van der Waals surface area contributed by atoms with Crippen molar-refractivity contribution in [1.29, 1.82) is 0 Å². The van der Waals surface area contributed by atoms with E-state index in [0.717, 1.165) is 20.9 Å². The molecule has 0 unspecified atom stereocenters. The molecule has 2 aromatic heterocycles. The third-order valence-electron chi connectivity index (χ3n) is 2.98. The minimum atomic E-state index is -0.955. The number of rotatable bonds is 2. The average Bonchev–Trinajstić information content (AvgIpc) is 2.89. The van der Waals surface area contributed by atoms with Gasteiger partial charge in [-0.1, -0.05) is 28.1 Å². The summed E-state index contributed by atoms with van der Waals surface area (Å²) in [6.07, 6.45) is 4.86. The van der Waals surface area contributed by atoms with Crippen molar-refractivity contribution in [3.05, 3.63) is 52.9 Å². The number of hydrogen-bond donors (Lipinski definition) is 2. The number of carboxylic acids is 1. The van der Waals surface area contributed by atoms with Gasteiger partial charge in [0.15, 0.2) is 0 Å². The fourth-order valence-corrected chi connectivity index (χ4v) is 2.57. The van der Waals surface area contributed by atoms with E-state index in [1.54, 1.807) is 12.4 Å². The molecular weight excluding hydrogens is 308 g/mol. The molecule has 0 fully saturated rings. The van der Waals surface area contributed by atoms with Crippen LogP contribution in [0.1, 0.15) is 10.4 Å². The SMILES string of the molecule is O=C(O)c1c[nH]cc1-c1ccc(Br)c2cccnc12. The average molecular weight is 317 g/mol. The number of halogens is 1. The van der Waals surface area contributed by atoms with Gasteiger partial charge in [0.2, 0.25) is 0 Å². The lowest BCUT2D eigenvalue weighted by Crippen LogP contribution is -1.96. The van der Waals surface area contributed by atoms with Crippen LogP contribution in [0.5, 0.6) is 0 Å². The Labute approximate surface area is 117 Å². The van der Waals surface area contributed by atoms with Gasteiger partial charge in [-0.05, 0) is 12.1 Å². The predicted molar refractivity (Wildman–Crippen MR) is 76.2 cm³/mol. The largest absolute Gasteiger partial charge is 0.478 e. The third kappa shape index (κ3) is 1.92. The number of pyridine rings is 1. The van der Waals surface area contributed by atoms with Gasteiger partial charge in [-0.2, -0.15) is 0 Å². The molecule has 0 bridgehead atoms. The summed E-state index contributed by atoms with van der Waals surface area (Å²) in [5.41, 5.74) is 2.47. The van der Waals surface area contributed by atoms with Crippen LogP contribution >= 0.6 is 15.9 Å². The topological polar surface area (TPSA) is 66.0 Å². The maximum absolute atomic E-state index is 11.2. The fraction of sp³-hybridized carbons (Fsp3) is 0. The first-order chi connectivity index (χ1) is 9.18. The molecule has 19 heavy (non-hydrogen) atoms. The van der Waals surface area contributed by atoms with Crippen molar-refractivity contribution >= 4 is 32.8 Å². The number of fused-ring (bicyclic) bond motifs is 1. The van der Waals surface area contributed by atoms with Gasteiger partial charge >= 0.3 is 5.97 Å². The normalized spacial score (nSPS) is 10.8. The molecular formula is C14H9BrN2O2. The van der Waals surface area contributed by atoms with Crippen molar-refractivity contribution in [1.82, 2.24) is 9.97 Å². The van der Waals surface area contributed by atoms with E-state index in [1.165, 1.54) is 6.20 Å². The van der Waals surface area contributed by atoms with E-state index in [4.69, 9.17) is 0 Å². The van der Waals surface area contributed by atoms with E-state index in [1.807, 2.05) is 24.3 Å². The van der Waals surface area contributed by atoms with Crippen molar-refractivity contribution in [3.63, 3.8) is 0 Å². The monoisotopic (exact) mass is 316 g/mol. The molecule has 0 aliphatic heterocycles. The molecule has 3 rings (SSSR count). The van der Waals surface area contributed by atoms with E-state index < -0.39 is 5.97 Å². The van der Waals surface area contributed by atoms with Crippen LogP contribution in [-0.4, -0.2) is 21.0 Å². The summed E-state index contributed by atoms with van der Waals surface area (Å²) in [5, 5.41) is 10.1. The van der Waals surface area contributed by atoms with Crippen LogP contribution in [0, 0.1) is 0 Å². The van der Waals surface area contributed by atoms with E-state index in [-0.39, 0.29) is 5.56 Å². The second kappa shape index (κ2) is 4.51. The number of carbonyl (C=O) groups is 1. The Kier molecular flexibility index (Phi) is 2.83. The zero-order valence-electron chi connectivity index (χ0n) is 9.72. The molecule has 1 aromatic carbocycles. The highest BCUT2D eigenvalue weighted by Crippen LogP contribution is 2.33. The summed E-state index contributed by atoms with van der Waals surface area (Å²) < 4.78 is 0.937. The zero-order valence-corrected chi connectivity index (χ0v) is 11.3. The number of hydrogen-bond acceptors (Lipinski definition) is 2. The molecule has 0 saturated carbocycles. The minimum Gasteiger partial charge on any atom is -0.478 e. The Balaban J connectivity index is 2.35. The number of carboxylic acid groups (broad SMARTS) is 1. The second-order valence-electron chi connectivity index (χ2n) is 4.08. The number of aromatic nitrogens is 2. The summed E-state index contributed by atoms with van der Waals surface area (Å²) in [4.78, 5) is 18.4. The van der Waals surface area contributed by atoms with E-state index in [0.29, 0.717) is 5.56 Å². The summed E-state index contributed by atoms with van der Waals surface area (Å²) in [7, 11) is 0. The van der Waals surface area contributed by atoms with Crippen molar-refractivity contribution in [2.24, 2.45) is 0 Å². The molecule has 2 N–H and O–H groups in total. The van der Waals surface area contributed by atoms with Crippen LogP contribution in [0.15, 0.2) is 47.3 Å². The highest BCUT2D eigenvalue weighted by molar-refractivity contribution is 9.10. The molecule has 0 aliphatic carbocycles. The molecule has 3 aromatic rings. The maximum atomic E-state index is 11.2. The number of H-pyrrole nitrogens is 1. The molecule has 0 amide bonds. The fourth-order valence-electron chi connectivity index (χ4n) is 2.12. The van der Waals surface area contributed by atoms with Crippen molar-refractivity contribution in [3.8, 4) is 11.1 Å². The molecule has 0 saturated heterocycles. The first-order valence-electron chi connectivity index (χ1n) is 5.62. The number of aromatic amines is 1. The smallest absolute Gasteiger partial charge is 0.337 e. The molecule has 5 heteroatoms. The van der Waals surface area contributed by atoms with E-state index >= 15 is 0 Å². The first-order valence-corrected chi connectivity index (χ1v) is 6.41. The standard InChI is InChI=1S/C14H9BrN2O2/c15-12-4-3-8(13-9(12)2-1-5-17-13)10-6-16-7-11(10)14(18)19/h1-7,16H,(H,18,19). The van der Waals surface area contributed by atoms with Crippen molar-refractivity contribution < 1.29 is 9.90 Å². The molecule has 0 spiro atoms. The third-order valence-corrected chi connectivity index (χ3v) is 3.67. The number of nitrogens with one attached hydrogen (secondary N) is 1. The predicted octanol–water partition coefficient (Wildman–Crippen LogP) is 3.69. The maximum Gasteiger partial charge on any atom is 0.337 e. The van der Waals surface area contributed by atoms with Gasteiger partial charge in [0.1, 0.15) is 0 Å². The van der Waals surface area contributed by atoms with Gasteiger partial charge in [0, 0.05) is 39.6 Å². The van der Waals surface area contributed by atoms with E-state index in [9.17, 15) is 9.90 Å².